The maximum Gasteiger partial charge on any atom is 0.0715 e. The molecule has 0 bridgehead atoms. The molecule has 0 aliphatic heterocycles. The van der Waals surface area contributed by atoms with E-state index in [1.807, 2.05) is 13.8 Å². The van der Waals surface area contributed by atoms with Crippen LogP contribution in [0.25, 0.3) is 0 Å². The van der Waals surface area contributed by atoms with E-state index in [1.165, 1.54) is 0 Å². The van der Waals surface area contributed by atoms with Crippen LogP contribution >= 0.6 is 0 Å². The molecule has 0 aliphatic carbocycles. The Morgan fingerprint density at radius 2 is 1.50 bits per heavy atom. The molecule has 0 aliphatic rings. The molecule has 0 amide bonds. The van der Waals surface area contributed by atoms with Crippen LogP contribution in [-0.4, -0.2) is 23.8 Å². The molecule has 0 unspecified atom stereocenters. The molecular formula is C12H27NO. The number of aliphatic hydroxyl groups is 1. The van der Waals surface area contributed by atoms with Crippen LogP contribution in [0.2, 0.25) is 0 Å². The third kappa shape index (κ3) is 6.39. The van der Waals surface area contributed by atoms with Crippen molar-refractivity contribution in [2.75, 3.05) is 13.1 Å². The van der Waals surface area contributed by atoms with Crippen LogP contribution in [0.4, 0.5) is 0 Å². The second kappa shape index (κ2) is 5.72. The largest absolute Gasteiger partial charge is 0.389 e. The summed E-state index contributed by atoms with van der Waals surface area (Å²) in [6.07, 6.45) is 0. The highest BCUT2D eigenvalue weighted by Gasteiger charge is 2.18. The second-order valence-electron chi connectivity index (χ2n) is 5.60. The third-order valence-electron chi connectivity index (χ3n) is 2.65. The Hall–Kier alpha value is -0.0800. The van der Waals surface area contributed by atoms with Gasteiger partial charge in [0, 0.05) is 6.54 Å². The molecule has 0 aromatic carbocycles. The van der Waals surface area contributed by atoms with E-state index in [0.717, 1.165) is 6.54 Å². The molecule has 14 heavy (non-hydrogen) atoms. The molecule has 0 atom stereocenters. The first-order chi connectivity index (χ1) is 6.24. The van der Waals surface area contributed by atoms with E-state index in [9.17, 15) is 5.11 Å². The van der Waals surface area contributed by atoms with Crippen LogP contribution in [-0.2, 0) is 0 Å². The molecule has 0 fully saturated rings. The molecular weight excluding hydrogens is 174 g/mol. The van der Waals surface area contributed by atoms with Crippen LogP contribution in [0.3, 0.4) is 0 Å². The lowest BCUT2D eigenvalue weighted by Gasteiger charge is -2.27. The van der Waals surface area contributed by atoms with E-state index in [-0.39, 0.29) is 0 Å². The van der Waals surface area contributed by atoms with Gasteiger partial charge in [-0.2, -0.15) is 0 Å². The molecule has 0 radical (unpaired) electrons. The van der Waals surface area contributed by atoms with Gasteiger partial charge in [0.05, 0.1) is 5.60 Å². The standard InChI is InChI=1S/C12H27NO/c1-9(2)11(10(3)4)7-13-8-12(5,6)14/h9-11,13-14H,7-8H2,1-6H3. The first kappa shape index (κ1) is 13.9. The summed E-state index contributed by atoms with van der Waals surface area (Å²) in [7, 11) is 0. The summed E-state index contributed by atoms with van der Waals surface area (Å²) in [4.78, 5) is 0. The molecule has 0 saturated carbocycles. The summed E-state index contributed by atoms with van der Waals surface area (Å²) >= 11 is 0. The van der Waals surface area contributed by atoms with Gasteiger partial charge in [-0.25, -0.2) is 0 Å². The summed E-state index contributed by atoms with van der Waals surface area (Å²) in [5.74, 6) is 2.09. The monoisotopic (exact) mass is 201 g/mol. The number of rotatable bonds is 6. The zero-order valence-corrected chi connectivity index (χ0v) is 10.6. The minimum Gasteiger partial charge on any atom is -0.389 e. The van der Waals surface area contributed by atoms with Crippen LogP contribution < -0.4 is 5.32 Å². The van der Waals surface area contributed by atoms with Gasteiger partial charge < -0.3 is 10.4 Å². The zero-order valence-electron chi connectivity index (χ0n) is 10.6. The maximum absolute atomic E-state index is 9.55. The molecule has 2 N–H and O–H groups in total. The number of hydrogen-bond donors (Lipinski definition) is 2. The second-order valence-corrected chi connectivity index (χ2v) is 5.60. The summed E-state index contributed by atoms with van der Waals surface area (Å²) < 4.78 is 0. The molecule has 0 saturated heterocycles. The van der Waals surface area contributed by atoms with Crippen molar-refractivity contribution in [1.29, 1.82) is 0 Å². The normalized spacial score (nSPS) is 13.3. The smallest absolute Gasteiger partial charge is 0.0715 e. The minimum absolute atomic E-state index is 0.599. The molecule has 86 valence electrons. The van der Waals surface area contributed by atoms with Crippen LogP contribution in [0, 0.1) is 17.8 Å². The highest BCUT2D eigenvalue weighted by molar-refractivity contribution is 4.73. The fourth-order valence-corrected chi connectivity index (χ4v) is 1.79. The lowest BCUT2D eigenvalue weighted by atomic mass is 9.85. The lowest BCUT2D eigenvalue weighted by molar-refractivity contribution is 0.0767. The highest BCUT2D eigenvalue weighted by atomic mass is 16.3. The van der Waals surface area contributed by atoms with E-state index < -0.39 is 5.60 Å². The van der Waals surface area contributed by atoms with Crippen molar-refractivity contribution in [1.82, 2.24) is 5.32 Å². The van der Waals surface area contributed by atoms with Gasteiger partial charge in [-0.05, 0) is 38.1 Å². The van der Waals surface area contributed by atoms with Crippen molar-refractivity contribution in [3.8, 4) is 0 Å². The highest BCUT2D eigenvalue weighted by Crippen LogP contribution is 2.19. The first-order valence-corrected chi connectivity index (χ1v) is 5.67. The molecule has 0 aromatic heterocycles. The van der Waals surface area contributed by atoms with E-state index in [1.54, 1.807) is 0 Å². The summed E-state index contributed by atoms with van der Waals surface area (Å²) in [6.45, 7) is 14.4. The topological polar surface area (TPSA) is 32.3 Å². The number of hydrogen-bond acceptors (Lipinski definition) is 2. The Labute approximate surface area is 89.1 Å². The lowest BCUT2D eigenvalue weighted by Crippen LogP contribution is -2.39. The molecule has 0 rings (SSSR count). The maximum atomic E-state index is 9.55. The Morgan fingerprint density at radius 1 is 1.07 bits per heavy atom. The van der Waals surface area contributed by atoms with Gasteiger partial charge in [0.25, 0.3) is 0 Å². The first-order valence-electron chi connectivity index (χ1n) is 5.67. The SMILES string of the molecule is CC(C)C(CNCC(C)(C)O)C(C)C. The van der Waals surface area contributed by atoms with Crippen molar-refractivity contribution in [2.45, 2.75) is 47.1 Å². The van der Waals surface area contributed by atoms with Crippen LogP contribution in [0.15, 0.2) is 0 Å². The molecule has 0 spiro atoms. The predicted octanol–water partition coefficient (Wildman–Crippen LogP) is 2.28. The quantitative estimate of drug-likeness (QED) is 0.691. The Bertz CT molecular complexity index is 139. The van der Waals surface area contributed by atoms with Gasteiger partial charge >= 0.3 is 0 Å². The Balaban J connectivity index is 3.84. The van der Waals surface area contributed by atoms with Gasteiger partial charge in [-0.1, -0.05) is 27.7 Å². The molecule has 0 heterocycles. The van der Waals surface area contributed by atoms with Gasteiger partial charge in [-0.15, -0.1) is 0 Å². The molecule has 2 nitrogen and oxygen atoms in total. The molecule has 0 aromatic rings. The van der Waals surface area contributed by atoms with E-state index in [0.29, 0.717) is 24.3 Å². The van der Waals surface area contributed by atoms with Crippen molar-refractivity contribution in [2.24, 2.45) is 17.8 Å². The van der Waals surface area contributed by atoms with Gasteiger partial charge in [0.15, 0.2) is 0 Å². The van der Waals surface area contributed by atoms with Gasteiger partial charge in [-0.3, -0.25) is 0 Å². The predicted molar refractivity (Wildman–Crippen MR) is 62.3 cm³/mol. The summed E-state index contributed by atoms with van der Waals surface area (Å²) in [5, 5.41) is 12.9. The van der Waals surface area contributed by atoms with E-state index in [4.69, 9.17) is 0 Å². The summed E-state index contributed by atoms with van der Waals surface area (Å²) in [5.41, 5.74) is -0.599. The zero-order chi connectivity index (χ0) is 11.4. The van der Waals surface area contributed by atoms with E-state index in [2.05, 4.69) is 33.0 Å². The van der Waals surface area contributed by atoms with E-state index >= 15 is 0 Å². The van der Waals surface area contributed by atoms with Gasteiger partial charge in [0.1, 0.15) is 0 Å². The Morgan fingerprint density at radius 3 is 1.79 bits per heavy atom. The van der Waals surface area contributed by atoms with Gasteiger partial charge in [0.2, 0.25) is 0 Å². The van der Waals surface area contributed by atoms with Crippen molar-refractivity contribution in [3.05, 3.63) is 0 Å². The Kier molecular flexibility index (Phi) is 5.68. The third-order valence-corrected chi connectivity index (χ3v) is 2.65. The fourth-order valence-electron chi connectivity index (χ4n) is 1.79. The summed E-state index contributed by atoms with van der Waals surface area (Å²) in [6, 6.07) is 0. The minimum atomic E-state index is -0.599. The molecule has 2 heteroatoms. The van der Waals surface area contributed by atoms with Crippen molar-refractivity contribution in [3.63, 3.8) is 0 Å². The average molecular weight is 201 g/mol. The van der Waals surface area contributed by atoms with Crippen molar-refractivity contribution < 1.29 is 5.11 Å². The van der Waals surface area contributed by atoms with Crippen LogP contribution in [0.1, 0.15) is 41.5 Å². The average Bonchev–Trinajstić information content (AvgIpc) is 1.94. The fraction of sp³-hybridized carbons (Fsp3) is 1.00. The van der Waals surface area contributed by atoms with Crippen LogP contribution in [0.5, 0.6) is 0 Å². The van der Waals surface area contributed by atoms with Crippen molar-refractivity contribution >= 4 is 0 Å². The number of nitrogens with one attached hydrogen (secondary N) is 1.